The van der Waals surface area contributed by atoms with Crippen LogP contribution in [-0.4, -0.2) is 37.8 Å². The van der Waals surface area contributed by atoms with Crippen molar-refractivity contribution in [3.05, 3.63) is 18.5 Å². The number of rotatable bonds is 5. The fourth-order valence-corrected chi connectivity index (χ4v) is 2.69. The molecule has 1 fully saturated rings. The lowest BCUT2D eigenvalue weighted by molar-refractivity contribution is -0.0975. The summed E-state index contributed by atoms with van der Waals surface area (Å²) >= 11 is 0. The zero-order valence-corrected chi connectivity index (χ0v) is 12.6. The number of hydrogen-bond acceptors (Lipinski definition) is 4. The molecule has 2 rings (SSSR count). The van der Waals surface area contributed by atoms with Crippen LogP contribution < -0.4 is 10.2 Å². The summed E-state index contributed by atoms with van der Waals surface area (Å²) in [6.07, 6.45) is 5.15. The Morgan fingerprint density at radius 2 is 2.21 bits per heavy atom. The highest BCUT2D eigenvalue weighted by atomic mass is 16.5. The molecule has 19 heavy (non-hydrogen) atoms. The number of nitrogens with zero attached hydrogens (tertiary/aromatic N) is 2. The standard InChI is InChI=1S/C15H25N3O/c1-6-19-14-9-13(15(14,2)3)17-11-10-16-8-7-12(11)18(4)5/h7-8,10,13-14,17H,6,9H2,1-5H3. The van der Waals surface area contributed by atoms with E-state index in [1.807, 2.05) is 18.5 Å². The highest BCUT2D eigenvalue weighted by Crippen LogP contribution is 2.45. The van der Waals surface area contributed by atoms with Crippen LogP contribution in [0.15, 0.2) is 18.5 Å². The van der Waals surface area contributed by atoms with Gasteiger partial charge in [-0.2, -0.15) is 0 Å². The third-order valence-electron chi connectivity index (χ3n) is 4.16. The van der Waals surface area contributed by atoms with Crippen LogP contribution in [0.25, 0.3) is 0 Å². The Bertz CT molecular complexity index is 431. The molecule has 2 atom stereocenters. The number of anilines is 2. The molecule has 106 valence electrons. The highest BCUT2D eigenvalue weighted by Gasteiger charge is 2.49. The summed E-state index contributed by atoms with van der Waals surface area (Å²) in [5.41, 5.74) is 2.43. The summed E-state index contributed by atoms with van der Waals surface area (Å²) < 4.78 is 5.77. The molecule has 4 nitrogen and oxygen atoms in total. The van der Waals surface area contributed by atoms with E-state index >= 15 is 0 Å². The summed E-state index contributed by atoms with van der Waals surface area (Å²) in [6.45, 7) is 7.37. The zero-order valence-electron chi connectivity index (χ0n) is 12.6. The van der Waals surface area contributed by atoms with Gasteiger partial charge in [-0.3, -0.25) is 4.98 Å². The molecule has 0 bridgehead atoms. The van der Waals surface area contributed by atoms with Crippen LogP contribution in [0.3, 0.4) is 0 Å². The maximum atomic E-state index is 5.77. The van der Waals surface area contributed by atoms with E-state index in [9.17, 15) is 0 Å². The lowest BCUT2D eigenvalue weighted by atomic mass is 9.64. The van der Waals surface area contributed by atoms with Crippen LogP contribution in [0.5, 0.6) is 0 Å². The molecule has 4 heteroatoms. The largest absolute Gasteiger partial charge is 0.379 e. The van der Waals surface area contributed by atoms with Gasteiger partial charge in [0.1, 0.15) is 0 Å². The van der Waals surface area contributed by atoms with Crippen molar-refractivity contribution in [1.29, 1.82) is 0 Å². The van der Waals surface area contributed by atoms with Crippen molar-refractivity contribution in [1.82, 2.24) is 4.98 Å². The second-order valence-corrected chi connectivity index (χ2v) is 5.99. The van der Waals surface area contributed by atoms with Gasteiger partial charge in [-0.25, -0.2) is 0 Å². The second kappa shape index (κ2) is 5.37. The maximum absolute atomic E-state index is 5.77. The Morgan fingerprint density at radius 3 is 2.79 bits per heavy atom. The summed E-state index contributed by atoms with van der Waals surface area (Å²) in [4.78, 5) is 6.33. The molecule has 0 radical (unpaired) electrons. The Labute approximate surface area is 116 Å². The lowest BCUT2D eigenvalue weighted by Crippen LogP contribution is -2.58. The number of nitrogens with one attached hydrogen (secondary N) is 1. The Morgan fingerprint density at radius 1 is 1.47 bits per heavy atom. The van der Waals surface area contributed by atoms with Gasteiger partial charge < -0.3 is 15.0 Å². The highest BCUT2D eigenvalue weighted by molar-refractivity contribution is 5.68. The van der Waals surface area contributed by atoms with Crippen molar-refractivity contribution in [2.75, 3.05) is 30.9 Å². The second-order valence-electron chi connectivity index (χ2n) is 5.99. The first kappa shape index (κ1) is 14.1. The van der Waals surface area contributed by atoms with Crippen molar-refractivity contribution in [2.24, 2.45) is 5.41 Å². The minimum atomic E-state index is 0.162. The van der Waals surface area contributed by atoms with Gasteiger partial charge in [-0.1, -0.05) is 13.8 Å². The molecule has 1 aliphatic carbocycles. The lowest BCUT2D eigenvalue weighted by Gasteiger charge is -2.52. The molecular formula is C15H25N3O. The van der Waals surface area contributed by atoms with E-state index in [1.54, 1.807) is 0 Å². The quantitative estimate of drug-likeness (QED) is 0.886. The predicted octanol–water partition coefficient (Wildman–Crippen LogP) is 2.76. The van der Waals surface area contributed by atoms with Crippen LogP contribution in [0, 0.1) is 5.41 Å². The smallest absolute Gasteiger partial charge is 0.0766 e. The Balaban J connectivity index is 2.07. The van der Waals surface area contributed by atoms with Crippen molar-refractivity contribution >= 4 is 11.4 Å². The molecule has 0 spiro atoms. The van der Waals surface area contributed by atoms with Crippen LogP contribution in [0.1, 0.15) is 27.2 Å². The summed E-state index contributed by atoms with van der Waals surface area (Å²) in [6, 6.07) is 2.47. The van der Waals surface area contributed by atoms with E-state index < -0.39 is 0 Å². The van der Waals surface area contributed by atoms with E-state index in [1.165, 1.54) is 5.69 Å². The minimum Gasteiger partial charge on any atom is -0.379 e. The van der Waals surface area contributed by atoms with Gasteiger partial charge >= 0.3 is 0 Å². The van der Waals surface area contributed by atoms with E-state index in [4.69, 9.17) is 4.74 Å². The van der Waals surface area contributed by atoms with E-state index in [-0.39, 0.29) is 5.41 Å². The zero-order chi connectivity index (χ0) is 14.0. The Hall–Kier alpha value is -1.29. The van der Waals surface area contributed by atoms with Crippen LogP contribution in [0.4, 0.5) is 11.4 Å². The number of ether oxygens (including phenoxy) is 1. The van der Waals surface area contributed by atoms with Crippen molar-refractivity contribution in [3.63, 3.8) is 0 Å². The molecule has 1 aromatic rings. The summed E-state index contributed by atoms with van der Waals surface area (Å²) in [5, 5.41) is 3.62. The van der Waals surface area contributed by atoms with Crippen LogP contribution in [0.2, 0.25) is 0 Å². The molecule has 0 aliphatic heterocycles. The summed E-state index contributed by atoms with van der Waals surface area (Å²) in [7, 11) is 4.10. The van der Waals surface area contributed by atoms with E-state index in [0.29, 0.717) is 12.1 Å². The maximum Gasteiger partial charge on any atom is 0.0766 e. The van der Waals surface area contributed by atoms with Crippen molar-refractivity contribution in [3.8, 4) is 0 Å². The SMILES string of the molecule is CCOC1CC(Nc2cnccc2N(C)C)C1(C)C. The molecule has 1 N–H and O–H groups in total. The average molecular weight is 263 g/mol. The molecule has 1 heterocycles. The first-order valence-corrected chi connectivity index (χ1v) is 6.96. The van der Waals surface area contributed by atoms with Gasteiger partial charge in [0.05, 0.1) is 23.7 Å². The topological polar surface area (TPSA) is 37.4 Å². The first-order valence-electron chi connectivity index (χ1n) is 6.96. The van der Waals surface area contributed by atoms with Gasteiger partial charge in [-0.05, 0) is 19.4 Å². The number of pyridine rings is 1. The summed E-state index contributed by atoms with van der Waals surface area (Å²) in [5.74, 6) is 0. The molecular weight excluding hydrogens is 238 g/mol. The molecule has 0 saturated heterocycles. The fourth-order valence-electron chi connectivity index (χ4n) is 2.69. The van der Waals surface area contributed by atoms with Crippen molar-refractivity contribution < 1.29 is 4.74 Å². The van der Waals surface area contributed by atoms with Gasteiger partial charge in [0, 0.05) is 38.4 Å². The number of hydrogen-bond donors (Lipinski definition) is 1. The van der Waals surface area contributed by atoms with Crippen molar-refractivity contribution in [2.45, 2.75) is 39.3 Å². The molecule has 2 unspecified atom stereocenters. The molecule has 0 amide bonds. The van der Waals surface area contributed by atoms with Crippen LogP contribution >= 0.6 is 0 Å². The monoisotopic (exact) mass is 263 g/mol. The average Bonchev–Trinajstić information content (AvgIpc) is 2.38. The molecule has 1 saturated carbocycles. The first-order chi connectivity index (χ1) is 8.96. The number of aromatic nitrogens is 1. The van der Waals surface area contributed by atoms with Crippen LogP contribution in [-0.2, 0) is 4.74 Å². The predicted molar refractivity (Wildman–Crippen MR) is 79.8 cm³/mol. The third kappa shape index (κ3) is 2.68. The molecule has 1 aromatic heterocycles. The molecule has 1 aliphatic rings. The van der Waals surface area contributed by atoms with E-state index in [2.05, 4.69) is 50.1 Å². The van der Waals surface area contributed by atoms with Gasteiger partial charge in [0.25, 0.3) is 0 Å². The van der Waals surface area contributed by atoms with Gasteiger partial charge in [0.15, 0.2) is 0 Å². The van der Waals surface area contributed by atoms with E-state index in [0.717, 1.165) is 18.7 Å². The van der Waals surface area contributed by atoms with Gasteiger partial charge in [0.2, 0.25) is 0 Å². The van der Waals surface area contributed by atoms with Gasteiger partial charge in [-0.15, -0.1) is 0 Å². The molecule has 0 aromatic carbocycles. The minimum absolute atomic E-state index is 0.162. The Kier molecular flexibility index (Phi) is 3.99. The normalized spacial score (nSPS) is 24.7. The third-order valence-corrected chi connectivity index (χ3v) is 4.16. The fraction of sp³-hybridized carbons (Fsp3) is 0.667.